The van der Waals surface area contributed by atoms with Crippen molar-refractivity contribution in [2.24, 2.45) is 0 Å². The Morgan fingerprint density at radius 1 is 1.19 bits per heavy atom. The summed E-state index contributed by atoms with van der Waals surface area (Å²) in [6.45, 7) is 3.65. The van der Waals surface area contributed by atoms with Gasteiger partial charge >= 0.3 is 6.03 Å². The van der Waals surface area contributed by atoms with E-state index in [1.165, 1.54) is 6.07 Å². The molecule has 2 fully saturated rings. The van der Waals surface area contributed by atoms with Crippen LogP contribution in [0.1, 0.15) is 31.5 Å². The van der Waals surface area contributed by atoms with E-state index >= 15 is 0 Å². The molecule has 1 saturated carbocycles. The Hall–Kier alpha value is -2.70. The number of nitrogens with one attached hydrogen (secondary N) is 1. The molecule has 1 aromatic carbocycles. The Morgan fingerprint density at radius 2 is 1.92 bits per heavy atom. The van der Waals surface area contributed by atoms with E-state index in [1.54, 1.807) is 29.4 Å². The van der Waals surface area contributed by atoms with Crippen LogP contribution in [-0.4, -0.2) is 46.6 Å². The van der Waals surface area contributed by atoms with Gasteiger partial charge < -0.3 is 15.1 Å². The van der Waals surface area contributed by atoms with E-state index in [-0.39, 0.29) is 17.9 Å². The van der Waals surface area contributed by atoms with Gasteiger partial charge in [-0.3, -0.25) is 0 Å². The summed E-state index contributed by atoms with van der Waals surface area (Å²) < 4.78 is 14.0. The molecule has 2 aromatic rings. The van der Waals surface area contributed by atoms with Gasteiger partial charge in [0.15, 0.2) is 0 Å². The summed E-state index contributed by atoms with van der Waals surface area (Å²) in [6.07, 6.45) is 5.63. The van der Waals surface area contributed by atoms with Gasteiger partial charge in [-0.05, 0) is 31.9 Å². The van der Waals surface area contributed by atoms with Gasteiger partial charge in [0.1, 0.15) is 11.6 Å². The number of aromatic nitrogens is 2. The summed E-state index contributed by atoms with van der Waals surface area (Å²) in [5, 5.41) is 2.85. The van der Waals surface area contributed by atoms with Gasteiger partial charge in [-0.1, -0.05) is 12.1 Å². The average Bonchev–Trinajstić information content (AvgIpc) is 3.48. The molecule has 2 heterocycles. The lowest BCUT2D eigenvalue weighted by molar-refractivity contribution is 0.200. The van der Waals surface area contributed by atoms with Crippen molar-refractivity contribution >= 4 is 17.4 Å². The minimum absolute atomic E-state index is 0.0277. The lowest BCUT2D eigenvalue weighted by atomic mass is 10.1. The highest BCUT2D eigenvalue weighted by molar-refractivity contribution is 5.89. The quantitative estimate of drug-likeness (QED) is 0.918. The number of urea groups is 1. The summed E-state index contributed by atoms with van der Waals surface area (Å²) in [6, 6.07) is 6.61. The fraction of sp³-hybridized carbons (Fsp3) is 0.421. The van der Waals surface area contributed by atoms with Crippen LogP contribution in [0.4, 0.5) is 20.6 Å². The van der Waals surface area contributed by atoms with Crippen molar-refractivity contribution in [2.45, 2.75) is 31.7 Å². The Kier molecular flexibility index (Phi) is 4.44. The van der Waals surface area contributed by atoms with Gasteiger partial charge in [-0.25, -0.2) is 19.2 Å². The molecule has 1 aromatic heterocycles. The highest BCUT2D eigenvalue weighted by Crippen LogP contribution is 2.37. The summed E-state index contributed by atoms with van der Waals surface area (Å²) in [5.74, 6) is 1.12. The Bertz CT molecular complexity index is 793. The van der Waals surface area contributed by atoms with Crippen LogP contribution in [0.15, 0.2) is 36.7 Å². The first-order chi connectivity index (χ1) is 12.6. The molecule has 0 bridgehead atoms. The van der Waals surface area contributed by atoms with Crippen LogP contribution in [0.5, 0.6) is 0 Å². The number of para-hydroxylation sites is 1. The second-order valence-electron chi connectivity index (χ2n) is 6.97. The zero-order valence-corrected chi connectivity index (χ0v) is 14.7. The fourth-order valence-corrected chi connectivity index (χ4v) is 3.34. The number of benzene rings is 1. The second-order valence-corrected chi connectivity index (χ2v) is 6.97. The molecule has 1 aliphatic heterocycles. The third kappa shape index (κ3) is 3.47. The fourth-order valence-electron chi connectivity index (χ4n) is 3.34. The zero-order valence-electron chi connectivity index (χ0n) is 14.7. The molecule has 1 N–H and O–H groups in total. The minimum Gasteiger partial charge on any atom is -0.363 e. The van der Waals surface area contributed by atoms with E-state index in [0.29, 0.717) is 36.9 Å². The predicted octanol–water partition coefficient (Wildman–Crippen LogP) is 3.24. The molecule has 2 amide bonds. The molecule has 0 radical (unpaired) electrons. The monoisotopic (exact) mass is 355 g/mol. The van der Waals surface area contributed by atoms with Gasteiger partial charge in [-0.15, -0.1) is 0 Å². The summed E-state index contributed by atoms with van der Waals surface area (Å²) >= 11 is 0. The van der Waals surface area contributed by atoms with Gasteiger partial charge in [0.25, 0.3) is 0 Å². The van der Waals surface area contributed by atoms with Crippen molar-refractivity contribution in [3.05, 3.63) is 48.3 Å². The van der Waals surface area contributed by atoms with Gasteiger partial charge in [-0.2, -0.15) is 0 Å². The molecule has 4 rings (SSSR count). The number of rotatable bonds is 3. The Balaban J connectivity index is 1.37. The first kappa shape index (κ1) is 16.8. The number of carbonyl (C=O) groups is 1. The molecule has 1 aliphatic carbocycles. The summed E-state index contributed by atoms with van der Waals surface area (Å²) in [7, 11) is 0. The summed E-state index contributed by atoms with van der Waals surface area (Å²) in [4.78, 5) is 24.9. The van der Waals surface area contributed by atoms with Crippen molar-refractivity contribution in [3.8, 4) is 0 Å². The molecule has 0 spiro atoms. The molecule has 1 saturated heterocycles. The van der Waals surface area contributed by atoms with Crippen LogP contribution in [0.25, 0.3) is 0 Å². The van der Waals surface area contributed by atoms with Crippen molar-refractivity contribution in [3.63, 3.8) is 0 Å². The maximum absolute atomic E-state index is 14.0. The van der Waals surface area contributed by atoms with Gasteiger partial charge in [0.05, 0.1) is 23.8 Å². The highest BCUT2D eigenvalue weighted by Gasteiger charge is 2.29. The molecule has 6 nitrogen and oxygen atoms in total. The maximum atomic E-state index is 14.0. The summed E-state index contributed by atoms with van der Waals surface area (Å²) in [5.41, 5.74) is 1.19. The SMILES string of the molecule is C[C@H]1CN(C(=O)Nc2cnc(C3CC3)nc2)CCN1c1ccccc1F. The maximum Gasteiger partial charge on any atom is 0.322 e. The molecule has 136 valence electrons. The minimum atomic E-state index is -0.231. The number of amides is 2. The molecule has 26 heavy (non-hydrogen) atoms. The van der Waals surface area contributed by atoms with E-state index < -0.39 is 0 Å². The van der Waals surface area contributed by atoms with Gasteiger partial charge in [0, 0.05) is 31.6 Å². The first-order valence-corrected chi connectivity index (χ1v) is 9.01. The highest BCUT2D eigenvalue weighted by atomic mass is 19.1. The Labute approximate surface area is 152 Å². The van der Waals surface area contributed by atoms with E-state index in [2.05, 4.69) is 15.3 Å². The predicted molar refractivity (Wildman–Crippen MR) is 97.8 cm³/mol. The number of hydrogen-bond acceptors (Lipinski definition) is 4. The second kappa shape index (κ2) is 6.90. The van der Waals surface area contributed by atoms with Crippen LogP contribution in [0.3, 0.4) is 0 Å². The molecule has 0 unspecified atom stereocenters. The molecule has 1 atom stereocenters. The van der Waals surface area contributed by atoms with Crippen LogP contribution in [0, 0.1) is 5.82 Å². The van der Waals surface area contributed by atoms with E-state index in [9.17, 15) is 9.18 Å². The first-order valence-electron chi connectivity index (χ1n) is 9.01. The van der Waals surface area contributed by atoms with Crippen molar-refractivity contribution in [2.75, 3.05) is 29.9 Å². The van der Waals surface area contributed by atoms with E-state index in [1.807, 2.05) is 17.9 Å². The van der Waals surface area contributed by atoms with Gasteiger partial charge in [0.2, 0.25) is 0 Å². The Morgan fingerprint density at radius 3 is 2.58 bits per heavy atom. The zero-order chi connectivity index (χ0) is 18.1. The normalized spacial score (nSPS) is 20.2. The van der Waals surface area contributed by atoms with E-state index in [4.69, 9.17) is 0 Å². The average molecular weight is 355 g/mol. The third-order valence-electron chi connectivity index (χ3n) is 4.94. The smallest absolute Gasteiger partial charge is 0.322 e. The van der Waals surface area contributed by atoms with Crippen molar-refractivity contribution < 1.29 is 9.18 Å². The topological polar surface area (TPSA) is 61.4 Å². The lowest BCUT2D eigenvalue weighted by Gasteiger charge is -2.41. The largest absolute Gasteiger partial charge is 0.363 e. The number of anilines is 2. The molecule has 2 aliphatic rings. The number of halogens is 1. The number of nitrogens with zero attached hydrogens (tertiary/aromatic N) is 4. The molecular weight excluding hydrogens is 333 g/mol. The van der Waals surface area contributed by atoms with Crippen LogP contribution < -0.4 is 10.2 Å². The van der Waals surface area contributed by atoms with Crippen molar-refractivity contribution in [1.82, 2.24) is 14.9 Å². The lowest BCUT2D eigenvalue weighted by Crippen LogP contribution is -2.55. The molecule has 7 heteroatoms. The molecular formula is C19H22FN5O. The number of hydrogen-bond donors (Lipinski definition) is 1. The standard InChI is InChI=1S/C19H22FN5O/c1-13-12-24(8-9-25(13)17-5-3-2-4-16(17)20)19(26)23-15-10-21-18(22-11-15)14-6-7-14/h2-5,10-11,13-14H,6-9,12H2,1H3,(H,23,26)/t13-/m0/s1. The van der Waals surface area contributed by atoms with Crippen LogP contribution >= 0.6 is 0 Å². The van der Waals surface area contributed by atoms with E-state index in [0.717, 1.165) is 18.7 Å². The van der Waals surface area contributed by atoms with Crippen molar-refractivity contribution in [1.29, 1.82) is 0 Å². The number of carbonyl (C=O) groups excluding carboxylic acids is 1. The third-order valence-corrected chi connectivity index (χ3v) is 4.94. The van der Waals surface area contributed by atoms with Crippen LogP contribution in [0.2, 0.25) is 0 Å². The van der Waals surface area contributed by atoms with Crippen LogP contribution in [-0.2, 0) is 0 Å². The number of piperazine rings is 1.